The molecule has 2 aromatic carbocycles. The lowest BCUT2D eigenvalue weighted by molar-refractivity contribution is 0.180. The molecular weight excluding hydrogens is 314 g/mol. The van der Waals surface area contributed by atoms with Crippen LogP contribution >= 0.6 is 0 Å². The number of para-hydroxylation sites is 2. The molecular formula is C20H23N3O2. The summed E-state index contributed by atoms with van der Waals surface area (Å²) in [4.78, 5) is 11.4. The number of methoxy groups -OCH3 is 1. The number of nitrogens with zero attached hydrogens (tertiary/aromatic N) is 3. The summed E-state index contributed by atoms with van der Waals surface area (Å²) in [6.07, 6.45) is 0. The van der Waals surface area contributed by atoms with Crippen molar-refractivity contribution in [2.45, 2.75) is 20.0 Å². The Morgan fingerprint density at radius 2 is 1.76 bits per heavy atom. The van der Waals surface area contributed by atoms with Crippen LogP contribution in [0, 0.1) is 6.92 Å². The van der Waals surface area contributed by atoms with Crippen LogP contribution in [-0.4, -0.2) is 40.2 Å². The van der Waals surface area contributed by atoms with E-state index in [9.17, 15) is 5.11 Å². The van der Waals surface area contributed by atoms with Gasteiger partial charge in [0.05, 0.1) is 25.8 Å². The first-order chi connectivity index (χ1) is 12.2. The maximum absolute atomic E-state index is 9.43. The van der Waals surface area contributed by atoms with E-state index in [0.717, 1.165) is 33.7 Å². The van der Waals surface area contributed by atoms with E-state index in [0.29, 0.717) is 19.6 Å². The standard InChI is InChI=1S/C20H23N3O2/c1-15-17-8-4-5-9-18(17)22-20(21-15)14-23(11-12-24)13-16-7-3-6-10-19(16)25-2/h3-10,24H,11-14H2,1-2H3. The van der Waals surface area contributed by atoms with Crippen LogP contribution in [-0.2, 0) is 13.1 Å². The molecule has 0 atom stereocenters. The molecule has 3 aromatic rings. The predicted octanol–water partition coefficient (Wildman–Crippen LogP) is 2.94. The van der Waals surface area contributed by atoms with Crippen LogP contribution in [0.25, 0.3) is 10.9 Å². The van der Waals surface area contributed by atoms with Gasteiger partial charge in [0.15, 0.2) is 0 Å². The van der Waals surface area contributed by atoms with Crippen molar-refractivity contribution in [2.24, 2.45) is 0 Å². The van der Waals surface area contributed by atoms with Crippen molar-refractivity contribution < 1.29 is 9.84 Å². The number of hydrogen-bond donors (Lipinski definition) is 1. The van der Waals surface area contributed by atoms with Gasteiger partial charge in [-0.25, -0.2) is 9.97 Å². The maximum Gasteiger partial charge on any atom is 0.143 e. The summed E-state index contributed by atoms with van der Waals surface area (Å²) in [6.45, 7) is 3.88. The fourth-order valence-electron chi connectivity index (χ4n) is 3.00. The fraction of sp³-hybridized carbons (Fsp3) is 0.300. The van der Waals surface area contributed by atoms with E-state index in [-0.39, 0.29) is 6.61 Å². The Hall–Kier alpha value is -2.50. The SMILES string of the molecule is COc1ccccc1CN(CCO)Cc1nc(C)c2ccccc2n1. The highest BCUT2D eigenvalue weighted by Crippen LogP contribution is 2.20. The third kappa shape index (κ3) is 4.13. The third-order valence-corrected chi connectivity index (χ3v) is 4.21. The lowest BCUT2D eigenvalue weighted by Gasteiger charge is -2.22. The van der Waals surface area contributed by atoms with E-state index < -0.39 is 0 Å². The van der Waals surface area contributed by atoms with Gasteiger partial charge in [-0.15, -0.1) is 0 Å². The van der Waals surface area contributed by atoms with Crippen LogP contribution in [0.15, 0.2) is 48.5 Å². The molecule has 0 radical (unpaired) electrons. The smallest absolute Gasteiger partial charge is 0.143 e. The Labute approximate surface area is 147 Å². The number of benzene rings is 2. The summed E-state index contributed by atoms with van der Waals surface area (Å²) >= 11 is 0. The van der Waals surface area contributed by atoms with Crippen LogP contribution in [0.1, 0.15) is 17.1 Å². The molecule has 0 saturated heterocycles. The van der Waals surface area contributed by atoms with Crippen molar-refractivity contribution in [1.82, 2.24) is 14.9 Å². The highest BCUT2D eigenvalue weighted by atomic mass is 16.5. The number of fused-ring (bicyclic) bond motifs is 1. The predicted molar refractivity (Wildman–Crippen MR) is 98.5 cm³/mol. The minimum Gasteiger partial charge on any atom is -0.496 e. The molecule has 0 fully saturated rings. The van der Waals surface area contributed by atoms with E-state index in [1.165, 1.54) is 0 Å². The zero-order chi connectivity index (χ0) is 17.6. The second-order valence-electron chi connectivity index (χ2n) is 5.99. The number of ether oxygens (including phenoxy) is 1. The van der Waals surface area contributed by atoms with Crippen LogP contribution in [0.5, 0.6) is 5.75 Å². The minimum absolute atomic E-state index is 0.0850. The average molecular weight is 337 g/mol. The van der Waals surface area contributed by atoms with Gasteiger partial charge in [-0.3, -0.25) is 4.90 Å². The molecule has 0 amide bonds. The highest BCUT2D eigenvalue weighted by Gasteiger charge is 2.13. The Morgan fingerprint density at radius 1 is 1.00 bits per heavy atom. The molecule has 1 aromatic heterocycles. The third-order valence-electron chi connectivity index (χ3n) is 4.21. The lowest BCUT2D eigenvalue weighted by Crippen LogP contribution is -2.27. The first-order valence-corrected chi connectivity index (χ1v) is 8.38. The van der Waals surface area contributed by atoms with Crippen molar-refractivity contribution in [2.75, 3.05) is 20.3 Å². The molecule has 0 unspecified atom stereocenters. The van der Waals surface area contributed by atoms with E-state index in [1.54, 1.807) is 7.11 Å². The van der Waals surface area contributed by atoms with Gasteiger partial charge in [0.2, 0.25) is 0 Å². The zero-order valence-corrected chi connectivity index (χ0v) is 14.6. The van der Waals surface area contributed by atoms with Gasteiger partial charge in [-0.05, 0) is 19.1 Å². The van der Waals surface area contributed by atoms with Crippen molar-refractivity contribution in [3.63, 3.8) is 0 Å². The number of aryl methyl sites for hydroxylation is 1. The maximum atomic E-state index is 9.43. The molecule has 1 heterocycles. The van der Waals surface area contributed by atoms with Crippen LogP contribution in [0.3, 0.4) is 0 Å². The van der Waals surface area contributed by atoms with E-state index in [4.69, 9.17) is 4.74 Å². The van der Waals surface area contributed by atoms with Gasteiger partial charge >= 0.3 is 0 Å². The number of aliphatic hydroxyl groups excluding tert-OH is 1. The van der Waals surface area contributed by atoms with E-state index >= 15 is 0 Å². The second-order valence-corrected chi connectivity index (χ2v) is 5.99. The second kappa shape index (κ2) is 8.05. The zero-order valence-electron chi connectivity index (χ0n) is 14.6. The number of aromatic nitrogens is 2. The summed E-state index contributed by atoms with van der Waals surface area (Å²) < 4.78 is 5.43. The Morgan fingerprint density at radius 3 is 2.56 bits per heavy atom. The number of hydrogen-bond acceptors (Lipinski definition) is 5. The Bertz CT molecular complexity index is 851. The van der Waals surface area contributed by atoms with Crippen molar-refractivity contribution in [3.8, 4) is 5.75 Å². The quantitative estimate of drug-likeness (QED) is 0.718. The highest BCUT2D eigenvalue weighted by molar-refractivity contribution is 5.80. The molecule has 5 nitrogen and oxygen atoms in total. The molecule has 0 aliphatic rings. The minimum atomic E-state index is 0.0850. The van der Waals surface area contributed by atoms with Gasteiger partial charge in [0, 0.05) is 29.7 Å². The van der Waals surface area contributed by atoms with Crippen LogP contribution in [0.2, 0.25) is 0 Å². The lowest BCUT2D eigenvalue weighted by atomic mass is 10.2. The van der Waals surface area contributed by atoms with Gasteiger partial charge < -0.3 is 9.84 Å². The first kappa shape index (κ1) is 17.3. The number of rotatable bonds is 7. The van der Waals surface area contributed by atoms with Crippen molar-refractivity contribution in [1.29, 1.82) is 0 Å². The van der Waals surface area contributed by atoms with Gasteiger partial charge in [-0.2, -0.15) is 0 Å². The Balaban J connectivity index is 1.84. The molecule has 0 aliphatic carbocycles. The molecule has 1 N–H and O–H groups in total. The molecule has 0 aliphatic heterocycles. The van der Waals surface area contributed by atoms with Crippen molar-refractivity contribution in [3.05, 3.63) is 65.6 Å². The molecule has 25 heavy (non-hydrogen) atoms. The van der Waals surface area contributed by atoms with Crippen LogP contribution in [0.4, 0.5) is 0 Å². The molecule has 0 saturated carbocycles. The summed E-state index contributed by atoms with van der Waals surface area (Å²) in [7, 11) is 1.67. The topological polar surface area (TPSA) is 58.5 Å². The van der Waals surface area contributed by atoms with E-state index in [1.807, 2.05) is 55.5 Å². The summed E-state index contributed by atoms with van der Waals surface area (Å²) in [5.41, 5.74) is 3.00. The van der Waals surface area contributed by atoms with Gasteiger partial charge in [0.25, 0.3) is 0 Å². The summed E-state index contributed by atoms with van der Waals surface area (Å²) in [5.74, 6) is 1.61. The fourth-order valence-corrected chi connectivity index (χ4v) is 3.00. The molecule has 0 spiro atoms. The van der Waals surface area contributed by atoms with Gasteiger partial charge in [0.1, 0.15) is 11.6 Å². The molecule has 3 rings (SSSR count). The normalized spacial score (nSPS) is 11.2. The average Bonchev–Trinajstić information content (AvgIpc) is 2.62. The summed E-state index contributed by atoms with van der Waals surface area (Å²) in [6, 6.07) is 16.0. The largest absolute Gasteiger partial charge is 0.496 e. The monoisotopic (exact) mass is 337 g/mol. The van der Waals surface area contributed by atoms with Gasteiger partial charge in [-0.1, -0.05) is 36.4 Å². The molecule has 0 bridgehead atoms. The van der Waals surface area contributed by atoms with Crippen LogP contribution < -0.4 is 4.74 Å². The Kier molecular flexibility index (Phi) is 5.58. The van der Waals surface area contributed by atoms with Crippen molar-refractivity contribution >= 4 is 10.9 Å². The summed E-state index contributed by atoms with van der Waals surface area (Å²) in [5, 5.41) is 10.5. The number of aliphatic hydroxyl groups is 1. The first-order valence-electron chi connectivity index (χ1n) is 8.38. The molecule has 130 valence electrons. The van der Waals surface area contributed by atoms with E-state index in [2.05, 4.69) is 14.9 Å². The molecule has 5 heteroatoms.